The van der Waals surface area contributed by atoms with Crippen molar-refractivity contribution in [1.29, 1.82) is 0 Å². The Morgan fingerprint density at radius 2 is 1.26 bits per heavy atom. The van der Waals surface area contributed by atoms with Crippen LogP contribution in [0.15, 0.2) is 60.7 Å². The van der Waals surface area contributed by atoms with E-state index in [4.69, 9.17) is 9.47 Å². The van der Waals surface area contributed by atoms with Crippen molar-refractivity contribution >= 4 is 6.08 Å². The third kappa shape index (κ3) is 5.77. The molecule has 0 fully saturated rings. The van der Waals surface area contributed by atoms with Gasteiger partial charge in [0.05, 0.1) is 14.2 Å². The van der Waals surface area contributed by atoms with Gasteiger partial charge in [-0.15, -0.1) is 0 Å². The topological polar surface area (TPSA) is 18.5 Å². The number of ether oxygens (including phenoxy) is 2. The molecule has 0 aliphatic heterocycles. The van der Waals surface area contributed by atoms with E-state index < -0.39 is 0 Å². The molecule has 2 nitrogen and oxygen atoms in total. The third-order valence-corrected chi connectivity index (χ3v) is 2.45. The number of para-hydroxylation sites is 1. The van der Waals surface area contributed by atoms with Crippen molar-refractivity contribution in [2.45, 2.75) is 6.92 Å². The summed E-state index contributed by atoms with van der Waals surface area (Å²) in [6.45, 7) is 2.00. The van der Waals surface area contributed by atoms with Crippen molar-refractivity contribution in [1.82, 2.24) is 0 Å². The SMILES string of the molecule is C/C=C/c1ccc(OC)cc1.COc1ccccc1. The number of allylic oxidation sites excluding steroid dienone is 1. The maximum atomic E-state index is 5.02. The molecule has 0 aromatic heterocycles. The average molecular weight is 256 g/mol. The second-order valence-electron chi connectivity index (χ2n) is 3.79. The van der Waals surface area contributed by atoms with Gasteiger partial charge < -0.3 is 9.47 Å². The van der Waals surface area contributed by atoms with Crippen LogP contribution in [0.4, 0.5) is 0 Å². The molecule has 0 aliphatic carbocycles. The normalized spacial score (nSPS) is 9.63. The van der Waals surface area contributed by atoms with E-state index in [2.05, 4.69) is 6.08 Å². The first-order valence-electron chi connectivity index (χ1n) is 6.16. The van der Waals surface area contributed by atoms with Gasteiger partial charge >= 0.3 is 0 Å². The van der Waals surface area contributed by atoms with E-state index in [0.717, 1.165) is 11.5 Å². The summed E-state index contributed by atoms with van der Waals surface area (Å²) < 4.78 is 9.94. The zero-order valence-corrected chi connectivity index (χ0v) is 11.7. The fourth-order valence-electron chi connectivity index (χ4n) is 1.46. The molecule has 0 atom stereocenters. The van der Waals surface area contributed by atoms with Gasteiger partial charge in [-0.3, -0.25) is 0 Å². The maximum Gasteiger partial charge on any atom is 0.118 e. The lowest BCUT2D eigenvalue weighted by molar-refractivity contribution is 0.414. The highest BCUT2D eigenvalue weighted by atomic mass is 16.5. The summed E-state index contributed by atoms with van der Waals surface area (Å²) in [5.41, 5.74) is 1.20. The monoisotopic (exact) mass is 256 g/mol. The summed E-state index contributed by atoms with van der Waals surface area (Å²) in [4.78, 5) is 0. The molecule has 2 aromatic rings. The highest BCUT2D eigenvalue weighted by Gasteiger charge is 1.88. The fraction of sp³-hybridized carbons (Fsp3) is 0.176. The Labute approximate surface area is 115 Å². The first-order valence-corrected chi connectivity index (χ1v) is 6.16. The molecule has 0 saturated heterocycles. The van der Waals surface area contributed by atoms with Crippen LogP contribution in [0.2, 0.25) is 0 Å². The van der Waals surface area contributed by atoms with Crippen LogP contribution in [-0.2, 0) is 0 Å². The minimum Gasteiger partial charge on any atom is -0.497 e. The Balaban J connectivity index is 0.000000200. The number of rotatable bonds is 3. The zero-order valence-electron chi connectivity index (χ0n) is 11.7. The van der Waals surface area contributed by atoms with Gasteiger partial charge in [-0.1, -0.05) is 42.5 Å². The molecule has 2 heteroatoms. The maximum absolute atomic E-state index is 5.02. The molecular formula is C17H20O2. The summed E-state index contributed by atoms with van der Waals surface area (Å²) in [5.74, 6) is 1.81. The van der Waals surface area contributed by atoms with Crippen molar-refractivity contribution in [3.05, 3.63) is 66.2 Å². The summed E-state index contributed by atoms with van der Waals surface area (Å²) in [7, 11) is 3.33. The Hall–Kier alpha value is -2.22. The van der Waals surface area contributed by atoms with Crippen LogP contribution in [-0.4, -0.2) is 14.2 Å². The van der Waals surface area contributed by atoms with Crippen LogP contribution in [0.1, 0.15) is 12.5 Å². The zero-order chi connectivity index (χ0) is 13.9. The molecular weight excluding hydrogens is 236 g/mol. The summed E-state index contributed by atoms with van der Waals surface area (Å²) >= 11 is 0. The predicted octanol–water partition coefficient (Wildman–Crippen LogP) is 4.42. The lowest BCUT2D eigenvalue weighted by atomic mass is 10.2. The van der Waals surface area contributed by atoms with E-state index in [1.54, 1.807) is 14.2 Å². The van der Waals surface area contributed by atoms with Crippen molar-refractivity contribution in [3.8, 4) is 11.5 Å². The predicted molar refractivity (Wildman–Crippen MR) is 80.7 cm³/mol. The first kappa shape index (κ1) is 14.8. The van der Waals surface area contributed by atoms with E-state index in [-0.39, 0.29) is 0 Å². The van der Waals surface area contributed by atoms with Gasteiger partial charge in [0.1, 0.15) is 11.5 Å². The second-order valence-corrected chi connectivity index (χ2v) is 3.79. The number of hydrogen-bond acceptors (Lipinski definition) is 2. The average Bonchev–Trinajstić information content (AvgIpc) is 2.50. The van der Waals surface area contributed by atoms with Gasteiger partial charge in [-0.2, -0.15) is 0 Å². The van der Waals surface area contributed by atoms with Crippen molar-refractivity contribution < 1.29 is 9.47 Å². The number of methoxy groups -OCH3 is 2. The van der Waals surface area contributed by atoms with Gasteiger partial charge in [-0.25, -0.2) is 0 Å². The molecule has 100 valence electrons. The molecule has 2 aromatic carbocycles. The van der Waals surface area contributed by atoms with Crippen LogP contribution in [0.25, 0.3) is 6.08 Å². The molecule has 0 unspecified atom stereocenters. The standard InChI is InChI=1S/C10H12O.C7H8O/c1-3-4-9-5-7-10(11-2)8-6-9;1-8-7-5-3-2-4-6-7/h3-8H,1-2H3;2-6H,1H3/b4-3+;. The molecule has 0 radical (unpaired) electrons. The molecule has 0 bridgehead atoms. The van der Waals surface area contributed by atoms with E-state index in [9.17, 15) is 0 Å². The van der Waals surface area contributed by atoms with Crippen molar-refractivity contribution in [2.24, 2.45) is 0 Å². The van der Waals surface area contributed by atoms with Crippen LogP contribution in [0.5, 0.6) is 11.5 Å². The lowest BCUT2D eigenvalue weighted by Gasteiger charge is -1.98. The van der Waals surface area contributed by atoms with Gasteiger partial charge in [0.25, 0.3) is 0 Å². The summed E-state index contributed by atoms with van der Waals surface area (Å²) in [6.07, 6.45) is 4.07. The third-order valence-electron chi connectivity index (χ3n) is 2.45. The molecule has 19 heavy (non-hydrogen) atoms. The molecule has 0 heterocycles. The van der Waals surface area contributed by atoms with Crippen LogP contribution >= 0.6 is 0 Å². The van der Waals surface area contributed by atoms with Crippen molar-refractivity contribution in [3.63, 3.8) is 0 Å². The van der Waals surface area contributed by atoms with E-state index in [1.807, 2.05) is 67.6 Å². The Morgan fingerprint density at radius 3 is 1.68 bits per heavy atom. The first-order chi connectivity index (χ1) is 9.30. The van der Waals surface area contributed by atoms with Gasteiger partial charge in [0.2, 0.25) is 0 Å². The van der Waals surface area contributed by atoms with Crippen LogP contribution in [0.3, 0.4) is 0 Å². The Kier molecular flexibility index (Phi) is 6.88. The molecule has 0 spiro atoms. The van der Waals surface area contributed by atoms with Gasteiger partial charge in [0, 0.05) is 0 Å². The second kappa shape index (κ2) is 8.81. The summed E-state index contributed by atoms with van der Waals surface area (Å²) in [5, 5.41) is 0. The van der Waals surface area contributed by atoms with E-state index in [1.165, 1.54) is 5.56 Å². The number of hydrogen-bond donors (Lipinski definition) is 0. The largest absolute Gasteiger partial charge is 0.497 e. The quantitative estimate of drug-likeness (QED) is 0.809. The fourth-order valence-corrected chi connectivity index (χ4v) is 1.46. The van der Waals surface area contributed by atoms with Gasteiger partial charge in [-0.05, 0) is 36.8 Å². The lowest BCUT2D eigenvalue weighted by Crippen LogP contribution is -1.80. The van der Waals surface area contributed by atoms with Crippen LogP contribution < -0.4 is 9.47 Å². The minimum absolute atomic E-state index is 0.901. The molecule has 0 aliphatic rings. The van der Waals surface area contributed by atoms with E-state index >= 15 is 0 Å². The highest BCUT2D eigenvalue weighted by molar-refractivity contribution is 5.50. The highest BCUT2D eigenvalue weighted by Crippen LogP contribution is 2.11. The summed E-state index contributed by atoms with van der Waals surface area (Å²) in [6, 6.07) is 17.6. The van der Waals surface area contributed by atoms with E-state index in [0.29, 0.717) is 0 Å². The Bertz CT molecular complexity index is 472. The minimum atomic E-state index is 0.901. The smallest absolute Gasteiger partial charge is 0.118 e. The molecule has 2 rings (SSSR count). The molecule has 0 amide bonds. The molecule has 0 saturated carbocycles. The van der Waals surface area contributed by atoms with Gasteiger partial charge in [0.15, 0.2) is 0 Å². The van der Waals surface area contributed by atoms with Crippen LogP contribution in [0, 0.1) is 0 Å². The van der Waals surface area contributed by atoms with Crippen molar-refractivity contribution in [2.75, 3.05) is 14.2 Å². The molecule has 0 N–H and O–H groups in total. The Morgan fingerprint density at radius 1 is 0.737 bits per heavy atom. The number of benzene rings is 2.